The number of carbonyl (C=O) groups excluding carboxylic acids is 1. The molecule has 2 heterocycles. The van der Waals surface area contributed by atoms with Crippen LogP contribution in [0.5, 0.6) is 5.75 Å². The number of piperazine rings is 1. The third-order valence-electron chi connectivity index (χ3n) is 6.05. The van der Waals surface area contributed by atoms with E-state index in [0.717, 1.165) is 66.7 Å². The summed E-state index contributed by atoms with van der Waals surface area (Å²) in [6.45, 7) is 8.56. The molecule has 3 aromatic rings. The molecule has 1 fully saturated rings. The van der Waals surface area contributed by atoms with E-state index >= 15 is 0 Å². The first-order valence-corrected chi connectivity index (χ1v) is 11.0. The number of amides is 1. The average molecular weight is 438 g/mol. The molecule has 0 aliphatic carbocycles. The molecule has 0 saturated carbocycles. The fourth-order valence-corrected chi connectivity index (χ4v) is 4.28. The van der Waals surface area contributed by atoms with Crippen molar-refractivity contribution in [2.45, 2.75) is 13.8 Å². The van der Waals surface area contributed by atoms with Crippen molar-refractivity contribution in [2.24, 2.45) is 0 Å². The van der Waals surface area contributed by atoms with E-state index in [1.165, 1.54) is 0 Å². The third-order valence-corrected chi connectivity index (χ3v) is 6.31. The zero-order chi connectivity index (χ0) is 22.0. The quantitative estimate of drug-likeness (QED) is 0.570. The van der Waals surface area contributed by atoms with E-state index in [-0.39, 0.29) is 5.91 Å². The highest BCUT2D eigenvalue weighted by Crippen LogP contribution is 2.32. The number of rotatable bonds is 5. The summed E-state index contributed by atoms with van der Waals surface area (Å²) >= 11 is 6.12. The maximum atomic E-state index is 13.5. The first-order valence-electron chi connectivity index (χ1n) is 10.7. The molecular weight excluding hydrogens is 410 g/mol. The van der Waals surface area contributed by atoms with E-state index in [1.54, 1.807) is 7.11 Å². The summed E-state index contributed by atoms with van der Waals surface area (Å²) in [5.41, 5.74) is 4.63. The normalized spacial score (nSPS) is 14.6. The van der Waals surface area contributed by atoms with Gasteiger partial charge in [-0.2, -0.15) is 0 Å². The summed E-state index contributed by atoms with van der Waals surface area (Å²) in [6.07, 6.45) is 0. The highest BCUT2D eigenvalue weighted by Gasteiger charge is 2.26. The lowest BCUT2D eigenvalue weighted by molar-refractivity contribution is 0.0642. The molecule has 31 heavy (non-hydrogen) atoms. The van der Waals surface area contributed by atoms with Crippen molar-refractivity contribution in [3.8, 4) is 22.7 Å². The van der Waals surface area contributed by atoms with Crippen molar-refractivity contribution in [1.29, 1.82) is 0 Å². The van der Waals surface area contributed by atoms with Crippen molar-refractivity contribution >= 4 is 17.5 Å². The van der Waals surface area contributed by atoms with E-state index in [4.69, 9.17) is 16.3 Å². The van der Waals surface area contributed by atoms with Crippen LogP contribution >= 0.6 is 11.6 Å². The number of methoxy groups -OCH3 is 1. The summed E-state index contributed by atoms with van der Waals surface area (Å²) < 4.78 is 7.45. The number of hydrogen-bond acceptors (Lipinski definition) is 3. The van der Waals surface area contributed by atoms with E-state index in [9.17, 15) is 4.79 Å². The Bertz CT molecular complexity index is 1050. The SMILES string of the molecule is CCN1CCN(C(=O)c2cc(-c3ccc(Cl)cc3)n(-c3ccc(OC)cc3)c2C)CC1. The minimum atomic E-state index is 0.0933. The van der Waals surface area contributed by atoms with Crippen LogP contribution < -0.4 is 4.74 Å². The maximum absolute atomic E-state index is 13.5. The molecule has 5 nitrogen and oxygen atoms in total. The Morgan fingerprint density at radius 1 is 1.00 bits per heavy atom. The molecule has 1 aliphatic rings. The topological polar surface area (TPSA) is 37.7 Å². The molecule has 1 saturated heterocycles. The molecule has 0 atom stereocenters. The monoisotopic (exact) mass is 437 g/mol. The lowest BCUT2D eigenvalue weighted by Crippen LogP contribution is -2.48. The summed E-state index contributed by atoms with van der Waals surface area (Å²) in [6, 6.07) is 17.6. The van der Waals surface area contributed by atoms with Crippen molar-refractivity contribution in [3.63, 3.8) is 0 Å². The number of likely N-dealkylation sites (N-methyl/N-ethyl adjacent to an activating group) is 1. The summed E-state index contributed by atoms with van der Waals surface area (Å²) in [7, 11) is 1.66. The zero-order valence-corrected chi connectivity index (χ0v) is 19.0. The summed E-state index contributed by atoms with van der Waals surface area (Å²) in [5.74, 6) is 0.891. The van der Waals surface area contributed by atoms with Crippen LogP contribution in [0.1, 0.15) is 23.0 Å². The number of halogens is 1. The number of aromatic nitrogens is 1. The molecule has 162 valence electrons. The largest absolute Gasteiger partial charge is 0.497 e. The molecule has 0 bridgehead atoms. The van der Waals surface area contributed by atoms with Crippen LogP contribution in [0, 0.1) is 6.92 Å². The Balaban J connectivity index is 1.76. The Labute approximate surface area is 188 Å². The van der Waals surface area contributed by atoms with Crippen LogP contribution in [0.25, 0.3) is 16.9 Å². The van der Waals surface area contributed by atoms with Crippen molar-refractivity contribution in [2.75, 3.05) is 39.8 Å². The Hall–Kier alpha value is -2.76. The van der Waals surface area contributed by atoms with Crippen LogP contribution in [-0.2, 0) is 0 Å². The molecule has 0 spiro atoms. The third kappa shape index (κ3) is 4.34. The second-order valence-corrected chi connectivity index (χ2v) is 8.23. The van der Waals surface area contributed by atoms with Crippen LogP contribution in [0.3, 0.4) is 0 Å². The zero-order valence-electron chi connectivity index (χ0n) is 18.3. The lowest BCUT2D eigenvalue weighted by Gasteiger charge is -2.34. The van der Waals surface area contributed by atoms with Gasteiger partial charge in [-0.3, -0.25) is 4.79 Å². The second kappa shape index (κ2) is 9.16. The molecule has 1 aromatic heterocycles. The Kier molecular flexibility index (Phi) is 6.35. The van der Waals surface area contributed by atoms with Gasteiger partial charge in [0.05, 0.1) is 18.4 Å². The predicted octanol–water partition coefficient (Wildman–Crippen LogP) is 4.89. The summed E-state index contributed by atoms with van der Waals surface area (Å²) in [4.78, 5) is 17.8. The Morgan fingerprint density at radius 3 is 2.23 bits per heavy atom. The predicted molar refractivity (Wildman–Crippen MR) is 126 cm³/mol. The molecule has 0 unspecified atom stereocenters. The summed E-state index contributed by atoms with van der Waals surface area (Å²) in [5, 5.41) is 0.688. The van der Waals surface area contributed by atoms with Gasteiger partial charge >= 0.3 is 0 Å². The smallest absolute Gasteiger partial charge is 0.255 e. The average Bonchev–Trinajstić information content (AvgIpc) is 3.16. The van der Waals surface area contributed by atoms with Crippen LogP contribution in [0.4, 0.5) is 0 Å². The van der Waals surface area contributed by atoms with Gasteiger partial charge < -0.3 is 19.1 Å². The van der Waals surface area contributed by atoms with Crippen LogP contribution in [-0.4, -0.2) is 60.1 Å². The van der Waals surface area contributed by atoms with Crippen molar-refractivity contribution < 1.29 is 9.53 Å². The highest BCUT2D eigenvalue weighted by molar-refractivity contribution is 6.30. The maximum Gasteiger partial charge on any atom is 0.255 e. The first kappa shape index (κ1) is 21.5. The van der Waals surface area contributed by atoms with Crippen molar-refractivity contribution in [1.82, 2.24) is 14.4 Å². The number of hydrogen-bond donors (Lipinski definition) is 0. The van der Waals surface area contributed by atoms with Gasteiger partial charge in [-0.25, -0.2) is 0 Å². The number of carbonyl (C=O) groups is 1. The van der Waals surface area contributed by atoms with Gasteiger partial charge in [0.15, 0.2) is 0 Å². The van der Waals surface area contributed by atoms with Gasteiger partial charge in [-0.15, -0.1) is 0 Å². The molecule has 0 radical (unpaired) electrons. The van der Waals surface area contributed by atoms with Gasteiger partial charge in [0, 0.05) is 42.6 Å². The molecule has 4 rings (SSSR count). The van der Waals surface area contributed by atoms with E-state index < -0.39 is 0 Å². The minimum absolute atomic E-state index is 0.0933. The van der Waals surface area contributed by atoms with Gasteiger partial charge in [0.1, 0.15) is 5.75 Å². The molecule has 1 aliphatic heterocycles. The second-order valence-electron chi connectivity index (χ2n) is 7.80. The molecule has 1 amide bonds. The first-order chi connectivity index (χ1) is 15.0. The fourth-order valence-electron chi connectivity index (χ4n) is 4.16. The van der Waals surface area contributed by atoms with Gasteiger partial charge in [0.25, 0.3) is 5.91 Å². The van der Waals surface area contributed by atoms with Crippen molar-refractivity contribution in [3.05, 3.63) is 70.9 Å². The highest BCUT2D eigenvalue weighted by atomic mass is 35.5. The van der Waals surface area contributed by atoms with E-state index in [2.05, 4.69) is 16.4 Å². The molecule has 0 N–H and O–H groups in total. The standard InChI is InChI=1S/C25H28ClN3O2/c1-4-27-13-15-28(16-14-27)25(30)23-17-24(19-5-7-20(26)8-6-19)29(18(23)2)21-9-11-22(31-3)12-10-21/h5-12,17H,4,13-16H2,1-3H3. The molecule has 2 aromatic carbocycles. The van der Waals surface area contributed by atoms with E-state index in [1.807, 2.05) is 66.4 Å². The van der Waals surface area contributed by atoms with E-state index in [0.29, 0.717) is 5.02 Å². The number of nitrogens with zero attached hydrogens (tertiary/aromatic N) is 3. The van der Waals surface area contributed by atoms with Crippen LogP contribution in [0.2, 0.25) is 5.02 Å². The molecule has 6 heteroatoms. The number of ether oxygens (including phenoxy) is 1. The fraction of sp³-hybridized carbons (Fsp3) is 0.320. The Morgan fingerprint density at radius 2 is 1.65 bits per heavy atom. The van der Waals surface area contributed by atoms with Gasteiger partial charge in [-0.05, 0) is 61.5 Å². The van der Waals surface area contributed by atoms with Gasteiger partial charge in [0.2, 0.25) is 0 Å². The molecular formula is C25H28ClN3O2. The number of benzene rings is 2. The minimum Gasteiger partial charge on any atom is -0.497 e. The van der Waals surface area contributed by atoms with Crippen LogP contribution in [0.15, 0.2) is 54.6 Å². The van der Waals surface area contributed by atoms with Gasteiger partial charge in [-0.1, -0.05) is 30.7 Å². The lowest BCUT2D eigenvalue weighted by atomic mass is 10.1.